The average molecular weight is 370 g/mol. The number of nitrogens with zero attached hydrogens (tertiary/aromatic N) is 1. The minimum absolute atomic E-state index is 0.0409. The molecular weight excluding hydrogens is 340 g/mol. The van der Waals surface area contributed by atoms with Crippen molar-refractivity contribution in [1.29, 1.82) is 0 Å². The first-order valence-corrected chi connectivity index (χ1v) is 10.2. The van der Waals surface area contributed by atoms with Gasteiger partial charge in [0.05, 0.1) is 5.41 Å². The number of piperidine rings is 1. The van der Waals surface area contributed by atoms with Crippen molar-refractivity contribution in [3.63, 3.8) is 0 Å². The summed E-state index contributed by atoms with van der Waals surface area (Å²) in [5.41, 5.74) is 0.687. The van der Waals surface area contributed by atoms with Crippen molar-refractivity contribution in [3.05, 3.63) is 35.9 Å². The summed E-state index contributed by atoms with van der Waals surface area (Å²) in [5, 5.41) is 3.25. The summed E-state index contributed by atoms with van der Waals surface area (Å²) in [6.07, 6.45) is 7.15. The van der Waals surface area contributed by atoms with Crippen molar-refractivity contribution >= 4 is 11.8 Å². The van der Waals surface area contributed by atoms with E-state index in [0.717, 1.165) is 56.7 Å². The Labute approximate surface area is 161 Å². The van der Waals surface area contributed by atoms with Crippen LogP contribution in [0, 0.1) is 5.92 Å². The molecule has 5 nitrogen and oxygen atoms in total. The molecule has 0 aromatic heterocycles. The highest BCUT2D eigenvalue weighted by molar-refractivity contribution is 5.91. The molecule has 1 aromatic carbocycles. The molecule has 1 aliphatic heterocycles. The fourth-order valence-corrected chi connectivity index (χ4v) is 4.67. The van der Waals surface area contributed by atoms with E-state index < -0.39 is 0 Å². The van der Waals surface area contributed by atoms with Crippen LogP contribution in [-0.2, 0) is 19.7 Å². The molecule has 0 unspecified atom stereocenters. The van der Waals surface area contributed by atoms with Crippen molar-refractivity contribution in [2.45, 2.75) is 55.9 Å². The van der Waals surface area contributed by atoms with Crippen LogP contribution in [-0.4, -0.2) is 49.1 Å². The van der Waals surface area contributed by atoms with Crippen molar-refractivity contribution in [3.8, 4) is 0 Å². The smallest absolute Gasteiger partial charge is 0.246 e. The number of methoxy groups -OCH3 is 1. The van der Waals surface area contributed by atoms with Gasteiger partial charge in [-0.25, -0.2) is 0 Å². The molecule has 2 amide bonds. The van der Waals surface area contributed by atoms with Gasteiger partial charge >= 0.3 is 0 Å². The van der Waals surface area contributed by atoms with Gasteiger partial charge < -0.3 is 15.0 Å². The van der Waals surface area contributed by atoms with E-state index in [4.69, 9.17) is 4.74 Å². The van der Waals surface area contributed by atoms with Crippen LogP contribution in [0.5, 0.6) is 0 Å². The van der Waals surface area contributed by atoms with E-state index in [9.17, 15) is 9.59 Å². The van der Waals surface area contributed by atoms with Gasteiger partial charge in [-0.1, -0.05) is 43.2 Å². The zero-order valence-corrected chi connectivity index (χ0v) is 16.2. The summed E-state index contributed by atoms with van der Waals surface area (Å²) in [4.78, 5) is 27.5. The topological polar surface area (TPSA) is 58.6 Å². The van der Waals surface area contributed by atoms with Crippen LogP contribution in [0.3, 0.4) is 0 Å². The van der Waals surface area contributed by atoms with Gasteiger partial charge in [0.15, 0.2) is 0 Å². The van der Waals surface area contributed by atoms with Gasteiger partial charge in [0, 0.05) is 25.7 Å². The van der Waals surface area contributed by atoms with E-state index in [1.807, 2.05) is 23.1 Å². The number of benzene rings is 1. The number of rotatable bonds is 7. The van der Waals surface area contributed by atoms with Gasteiger partial charge in [-0.3, -0.25) is 9.59 Å². The second kappa shape index (κ2) is 7.27. The molecule has 1 aromatic rings. The molecule has 2 aliphatic carbocycles. The quantitative estimate of drug-likeness (QED) is 0.803. The second-order valence-electron chi connectivity index (χ2n) is 8.65. The van der Waals surface area contributed by atoms with Crippen molar-refractivity contribution < 1.29 is 14.3 Å². The number of hydrogen-bond acceptors (Lipinski definition) is 3. The van der Waals surface area contributed by atoms with Crippen molar-refractivity contribution in [2.75, 3.05) is 26.8 Å². The largest absolute Gasteiger partial charge is 0.375 e. The minimum atomic E-state index is -0.295. The third kappa shape index (κ3) is 3.88. The average Bonchev–Trinajstić information content (AvgIpc) is 3.58. The molecule has 0 radical (unpaired) electrons. The van der Waals surface area contributed by atoms with Crippen LogP contribution in [0.25, 0.3) is 0 Å². The van der Waals surface area contributed by atoms with E-state index >= 15 is 0 Å². The van der Waals surface area contributed by atoms with Crippen molar-refractivity contribution in [2.24, 2.45) is 5.92 Å². The van der Waals surface area contributed by atoms with Crippen LogP contribution < -0.4 is 5.32 Å². The normalized spacial score (nSPS) is 22.9. The van der Waals surface area contributed by atoms with Crippen LogP contribution >= 0.6 is 0 Å². The second-order valence-corrected chi connectivity index (χ2v) is 8.65. The lowest BCUT2D eigenvalue weighted by Gasteiger charge is -2.43. The molecule has 0 bridgehead atoms. The van der Waals surface area contributed by atoms with Gasteiger partial charge in [-0.2, -0.15) is 0 Å². The Morgan fingerprint density at radius 2 is 1.78 bits per heavy atom. The molecule has 3 fully saturated rings. The van der Waals surface area contributed by atoms with E-state index in [0.29, 0.717) is 0 Å². The summed E-state index contributed by atoms with van der Waals surface area (Å²) >= 11 is 0. The molecular formula is C22H30N2O3. The molecule has 27 heavy (non-hydrogen) atoms. The lowest BCUT2D eigenvalue weighted by Crippen LogP contribution is -2.58. The highest BCUT2D eigenvalue weighted by Gasteiger charge is 2.54. The van der Waals surface area contributed by atoms with Crippen molar-refractivity contribution in [1.82, 2.24) is 10.2 Å². The first-order valence-electron chi connectivity index (χ1n) is 10.2. The van der Waals surface area contributed by atoms with E-state index in [1.165, 1.54) is 12.8 Å². The summed E-state index contributed by atoms with van der Waals surface area (Å²) in [5.74, 6) is 0.965. The Morgan fingerprint density at radius 1 is 1.11 bits per heavy atom. The zero-order chi connectivity index (χ0) is 18.9. The monoisotopic (exact) mass is 370 g/mol. The number of hydrogen-bond donors (Lipinski definition) is 1. The Hall–Kier alpha value is -1.88. The Kier molecular flexibility index (Phi) is 4.97. The molecule has 5 heteroatoms. The highest BCUT2D eigenvalue weighted by atomic mass is 16.5. The van der Waals surface area contributed by atoms with E-state index in [2.05, 4.69) is 17.4 Å². The summed E-state index contributed by atoms with van der Waals surface area (Å²) in [7, 11) is 1.55. The first kappa shape index (κ1) is 18.5. The molecule has 4 rings (SSSR count). The summed E-state index contributed by atoms with van der Waals surface area (Å²) < 4.78 is 5.00. The van der Waals surface area contributed by atoms with Crippen LogP contribution in [0.2, 0.25) is 0 Å². The summed E-state index contributed by atoms with van der Waals surface area (Å²) in [6, 6.07) is 10.2. The summed E-state index contributed by atoms with van der Waals surface area (Å²) in [6.45, 7) is 1.56. The zero-order valence-electron chi connectivity index (χ0n) is 16.2. The van der Waals surface area contributed by atoms with Gasteiger partial charge in [0.25, 0.3) is 0 Å². The third-order valence-corrected chi connectivity index (χ3v) is 6.55. The number of carbonyl (C=O) groups excluding carboxylic acids is 2. The highest BCUT2D eigenvalue weighted by Crippen LogP contribution is 2.50. The minimum Gasteiger partial charge on any atom is -0.375 e. The predicted octanol–water partition coefficient (Wildman–Crippen LogP) is 2.64. The molecule has 1 heterocycles. The van der Waals surface area contributed by atoms with Gasteiger partial charge in [0.2, 0.25) is 11.8 Å². The number of ether oxygens (including phenoxy) is 1. The van der Waals surface area contributed by atoms with Crippen LogP contribution in [0.1, 0.15) is 50.5 Å². The molecule has 1 saturated heterocycles. The number of likely N-dealkylation sites (tertiary alicyclic amines) is 1. The predicted molar refractivity (Wildman–Crippen MR) is 103 cm³/mol. The van der Waals surface area contributed by atoms with Gasteiger partial charge in [-0.15, -0.1) is 0 Å². The lowest BCUT2D eigenvalue weighted by molar-refractivity contribution is -0.136. The van der Waals surface area contributed by atoms with Crippen LogP contribution in [0.15, 0.2) is 30.3 Å². The maximum absolute atomic E-state index is 13.3. The first-order chi connectivity index (χ1) is 13.1. The maximum Gasteiger partial charge on any atom is 0.246 e. The van der Waals surface area contributed by atoms with E-state index in [-0.39, 0.29) is 29.4 Å². The van der Waals surface area contributed by atoms with Crippen LogP contribution in [0.4, 0.5) is 0 Å². The standard InChI is InChI=1S/C22H30N2O3/c1-27-16-19(25)23-21(15-17-7-8-17)11-13-24(14-12-21)20(26)22(9-10-22)18-5-3-2-4-6-18/h2-6,17H,7-16H2,1H3,(H,23,25). The third-order valence-electron chi connectivity index (χ3n) is 6.55. The van der Waals surface area contributed by atoms with E-state index in [1.54, 1.807) is 7.11 Å². The van der Waals surface area contributed by atoms with Gasteiger partial charge in [-0.05, 0) is 43.6 Å². The number of carbonyl (C=O) groups is 2. The van der Waals surface area contributed by atoms with Gasteiger partial charge in [0.1, 0.15) is 6.61 Å². The molecule has 146 valence electrons. The molecule has 1 N–H and O–H groups in total. The number of nitrogens with one attached hydrogen (secondary N) is 1. The Balaban J connectivity index is 1.42. The lowest BCUT2D eigenvalue weighted by atomic mass is 9.81. The fourth-order valence-electron chi connectivity index (χ4n) is 4.67. The molecule has 0 atom stereocenters. The number of amides is 2. The molecule has 0 spiro atoms. The Bertz CT molecular complexity index is 687. The maximum atomic E-state index is 13.3. The fraction of sp³-hybridized carbons (Fsp3) is 0.636. The molecule has 2 saturated carbocycles. The SMILES string of the molecule is COCC(=O)NC1(CC2CC2)CCN(C(=O)C2(c3ccccc3)CC2)CC1. The Morgan fingerprint density at radius 3 is 2.33 bits per heavy atom. The molecule has 3 aliphatic rings.